The van der Waals surface area contributed by atoms with Crippen molar-refractivity contribution in [3.05, 3.63) is 12.7 Å². The maximum Gasteiger partial charge on any atom is 0.481 e. The highest BCUT2D eigenvalue weighted by Gasteiger charge is 2.50. The second-order valence-electron chi connectivity index (χ2n) is 12.2. The van der Waals surface area contributed by atoms with E-state index in [0.29, 0.717) is 0 Å². The van der Waals surface area contributed by atoms with Crippen molar-refractivity contribution >= 4 is 74.9 Å². The van der Waals surface area contributed by atoms with Crippen LogP contribution in [0.15, 0.2) is 12.7 Å². The minimum Gasteiger partial charge on any atom is -0.386 e. The second-order valence-corrected chi connectivity index (χ2v) is 17.6. The van der Waals surface area contributed by atoms with Crippen molar-refractivity contribution in [3.8, 4) is 0 Å². The summed E-state index contributed by atoms with van der Waals surface area (Å²) in [6.07, 6.45) is -7.24. The van der Waals surface area contributed by atoms with Crippen LogP contribution in [0.25, 0.3) is 11.2 Å². The van der Waals surface area contributed by atoms with Gasteiger partial charge in [-0.05, 0) is 6.92 Å². The normalized spacial score (nSPS) is 21.9. The smallest absolute Gasteiger partial charge is 0.386 e. The zero-order valence-corrected chi connectivity index (χ0v) is 32.2. The Morgan fingerprint density at radius 3 is 2.37 bits per heavy atom. The number of aromatic nitrogens is 4. The Balaban J connectivity index is 1.51. The van der Waals surface area contributed by atoms with Crippen LogP contribution < -0.4 is 16.4 Å². The van der Waals surface area contributed by atoms with Crippen LogP contribution in [0.4, 0.5) is 5.82 Å². The molecule has 0 aromatic carbocycles. The average Bonchev–Trinajstić information content (AvgIpc) is 3.60. The third kappa shape index (κ3) is 13.8. The average molecular weight is 852 g/mol. The third-order valence-corrected chi connectivity index (χ3v) is 11.1. The Labute approximate surface area is 310 Å². The van der Waals surface area contributed by atoms with Crippen molar-refractivity contribution in [2.45, 2.75) is 64.3 Å². The first-order chi connectivity index (χ1) is 24.9. The minimum absolute atomic E-state index is 0.0240. The van der Waals surface area contributed by atoms with Gasteiger partial charge in [-0.25, -0.2) is 28.6 Å². The molecule has 0 bridgehead atoms. The number of amides is 2. The van der Waals surface area contributed by atoms with Gasteiger partial charge in [-0.2, -0.15) is 4.31 Å². The predicted molar refractivity (Wildman–Crippen MR) is 182 cm³/mol. The fraction of sp³-hybridized carbons (Fsp3) is 0.640. The Bertz CT molecular complexity index is 1830. The van der Waals surface area contributed by atoms with E-state index in [1.807, 2.05) is 0 Å². The number of nitrogens with one attached hydrogen (secondary N) is 2. The van der Waals surface area contributed by atoms with Gasteiger partial charge < -0.3 is 50.9 Å². The Kier molecular flexibility index (Phi) is 16.0. The number of hydrogen-bond donors (Lipinski definition) is 9. The maximum absolute atomic E-state index is 12.6. The van der Waals surface area contributed by atoms with E-state index in [0.717, 1.165) is 29.0 Å². The number of thioether (sulfide) groups is 1. The van der Waals surface area contributed by atoms with Crippen molar-refractivity contribution in [2.75, 3.05) is 37.8 Å². The van der Waals surface area contributed by atoms with E-state index in [1.54, 1.807) is 0 Å². The molecule has 0 radical (unpaired) electrons. The number of aliphatic hydroxyl groups is 2. The summed E-state index contributed by atoms with van der Waals surface area (Å²) in [5.74, 6) is -1.61. The van der Waals surface area contributed by atoms with Crippen molar-refractivity contribution in [1.29, 1.82) is 0 Å². The number of anilines is 1. The number of ketones is 1. The van der Waals surface area contributed by atoms with Crippen LogP contribution in [0, 0.1) is 5.41 Å². The molecule has 54 heavy (non-hydrogen) atoms. The summed E-state index contributed by atoms with van der Waals surface area (Å²) in [6, 6.07) is 0. The summed E-state index contributed by atoms with van der Waals surface area (Å²) in [7, 11) is -16.4. The molecule has 1 aliphatic heterocycles. The number of nitrogens with two attached hydrogens (primary N) is 1. The zero-order valence-electron chi connectivity index (χ0n) is 28.7. The summed E-state index contributed by atoms with van der Waals surface area (Å²) in [6.45, 7) is 1.58. The highest BCUT2D eigenvalue weighted by molar-refractivity contribution is 8.13. The van der Waals surface area contributed by atoms with Gasteiger partial charge in [0.25, 0.3) is 0 Å². The molecule has 2 unspecified atom stereocenters. The molecule has 304 valence electrons. The number of fused-ring (bicyclic) bond motifs is 1. The van der Waals surface area contributed by atoms with Crippen LogP contribution >= 0.6 is 35.2 Å². The lowest BCUT2D eigenvalue weighted by molar-refractivity contribution is -0.137. The summed E-state index contributed by atoms with van der Waals surface area (Å²) in [5.41, 5.74) is 4.22. The fourth-order valence-electron chi connectivity index (χ4n) is 4.55. The lowest BCUT2D eigenvalue weighted by atomic mass is 9.87. The van der Waals surface area contributed by atoms with Gasteiger partial charge in [0.1, 0.15) is 42.0 Å². The van der Waals surface area contributed by atoms with Gasteiger partial charge in [0.15, 0.2) is 22.8 Å². The van der Waals surface area contributed by atoms with Crippen molar-refractivity contribution < 1.29 is 85.3 Å². The second kappa shape index (κ2) is 18.9. The number of ether oxygens (including phenoxy) is 1. The molecular formula is C25H40N7O18P3S. The summed E-state index contributed by atoms with van der Waals surface area (Å²) >= 11 is 0.878. The maximum atomic E-state index is 12.6. The number of carbonyl (C=O) groups excluding carboxylic acids is 4. The molecule has 2 aromatic heterocycles. The van der Waals surface area contributed by atoms with E-state index in [4.69, 9.17) is 19.5 Å². The number of nitrogens with zero attached hydrogens (tertiary/aromatic N) is 4. The molecular weight excluding hydrogens is 811 g/mol. The van der Waals surface area contributed by atoms with E-state index < -0.39 is 84.6 Å². The Morgan fingerprint density at radius 2 is 1.72 bits per heavy atom. The third-order valence-electron chi connectivity index (χ3n) is 7.16. The molecule has 1 aliphatic rings. The number of phosphoric ester groups is 3. The molecule has 3 heterocycles. The summed E-state index contributed by atoms with van der Waals surface area (Å²) < 4.78 is 61.9. The molecule has 25 nitrogen and oxygen atoms in total. The van der Waals surface area contributed by atoms with Crippen LogP contribution in [0.2, 0.25) is 0 Å². The number of rotatable bonds is 21. The molecule has 0 saturated carbocycles. The quantitative estimate of drug-likeness (QED) is 0.0398. The minimum atomic E-state index is -5.58. The lowest BCUT2D eigenvalue weighted by Gasteiger charge is -2.30. The van der Waals surface area contributed by atoms with Crippen molar-refractivity contribution in [1.82, 2.24) is 30.2 Å². The first-order valence-electron chi connectivity index (χ1n) is 15.5. The predicted octanol–water partition coefficient (Wildman–Crippen LogP) is -1.36. The van der Waals surface area contributed by atoms with Gasteiger partial charge in [0, 0.05) is 30.7 Å². The molecule has 1 saturated heterocycles. The monoisotopic (exact) mass is 851 g/mol. The molecule has 0 spiro atoms. The number of aliphatic hydroxyl groups excluding tert-OH is 2. The molecule has 10 N–H and O–H groups in total. The van der Waals surface area contributed by atoms with E-state index in [1.165, 1.54) is 20.8 Å². The van der Waals surface area contributed by atoms with Gasteiger partial charge in [-0.3, -0.25) is 37.3 Å². The van der Waals surface area contributed by atoms with Gasteiger partial charge in [0.2, 0.25) is 11.8 Å². The lowest BCUT2D eigenvalue weighted by Crippen LogP contribution is -2.46. The molecule has 29 heteroatoms. The van der Waals surface area contributed by atoms with Crippen LogP contribution in [0.5, 0.6) is 0 Å². The summed E-state index contributed by atoms with van der Waals surface area (Å²) in [4.78, 5) is 97.7. The first kappa shape index (κ1) is 45.6. The van der Waals surface area contributed by atoms with Crippen molar-refractivity contribution in [3.63, 3.8) is 0 Å². The van der Waals surface area contributed by atoms with Crippen LogP contribution in [0.3, 0.4) is 0 Å². The molecule has 1 fully saturated rings. The largest absolute Gasteiger partial charge is 0.481 e. The molecule has 7 atom stereocenters. The number of phosphoric acid groups is 3. The highest BCUT2D eigenvalue weighted by atomic mass is 32.2. The number of carbonyl (C=O) groups is 4. The van der Waals surface area contributed by atoms with Crippen molar-refractivity contribution in [2.24, 2.45) is 5.41 Å². The molecule has 2 aromatic rings. The molecule has 3 rings (SSSR count). The Morgan fingerprint density at radius 1 is 1.06 bits per heavy atom. The SMILES string of the molecule is CC(=O)CC(=O)SCCNC(=O)CCNC(=O)[C@@H](O)C(C)(C)COP(=O)(O)OP(=O)(O)OC[C@H]1O[C@H](n2cnc3c(N)ncnc32)[C@@H](O)[C@H]1OP(=O)(O)O. The van der Waals surface area contributed by atoms with E-state index in [9.17, 15) is 62.7 Å². The zero-order chi connectivity index (χ0) is 40.6. The topological polar surface area (TPSA) is 381 Å². The summed E-state index contributed by atoms with van der Waals surface area (Å²) in [5, 5.41) is 25.8. The van der Waals surface area contributed by atoms with Crippen LogP contribution in [0.1, 0.15) is 39.8 Å². The van der Waals surface area contributed by atoms with Crippen LogP contribution in [-0.4, -0.2) is 128 Å². The number of Topliss-reactive ketones (excluding diaryl/α,β-unsaturated/α-hetero) is 1. The Hall–Kier alpha value is -2.77. The van der Waals surface area contributed by atoms with Gasteiger partial charge in [0.05, 0.1) is 26.0 Å². The number of hydrogen-bond acceptors (Lipinski definition) is 19. The number of nitrogen functional groups attached to an aromatic ring is 1. The standard InChI is InChI=1S/C25H40N7O18P3S/c1-13(33)8-16(35)54-7-6-27-15(34)4-5-28-23(38)20(37)25(2,3)10-47-53(44,45)50-52(42,43)46-9-14-19(49-51(39,40)41)18(36)24(48-14)32-12-31-17-21(26)29-11-30-22(17)32/h11-12,14,18-20,24,36-37H,4-10H2,1-3H3,(H,27,34)(H,28,38)(H,42,43)(H,44,45)(H2,26,29,30)(H2,39,40,41)/t14-,18+,19+,20-,24+/m1/s1. The van der Waals surface area contributed by atoms with Crippen LogP contribution in [-0.2, 0) is 55.5 Å². The van der Waals surface area contributed by atoms with Gasteiger partial charge in [-0.15, -0.1) is 0 Å². The van der Waals surface area contributed by atoms with E-state index >= 15 is 0 Å². The van der Waals surface area contributed by atoms with Gasteiger partial charge >= 0.3 is 23.5 Å². The first-order valence-corrected chi connectivity index (χ1v) is 21.0. The molecule has 2 amide bonds. The molecule has 0 aliphatic carbocycles. The fourth-order valence-corrected chi connectivity index (χ4v) is 8.12. The van der Waals surface area contributed by atoms with E-state index in [2.05, 4.69) is 34.4 Å². The highest BCUT2D eigenvalue weighted by Crippen LogP contribution is 2.61. The number of imidazole rings is 1. The van der Waals surface area contributed by atoms with Gasteiger partial charge in [-0.1, -0.05) is 25.6 Å². The van der Waals surface area contributed by atoms with E-state index in [-0.39, 0.29) is 59.6 Å².